The quantitative estimate of drug-likeness (QED) is 0.0912. The van der Waals surface area contributed by atoms with Crippen LogP contribution in [0.1, 0.15) is 36.8 Å². The summed E-state index contributed by atoms with van der Waals surface area (Å²) in [6, 6.07) is 0.747. The number of fused-ring (bicyclic) bond motifs is 3. The van der Waals surface area contributed by atoms with Crippen LogP contribution in [0.15, 0.2) is 28.0 Å². The SMILES string of the molecule is CN(C)c1cc(N=C(CNC2CCC2)NO)c(O)c2c1CC1CC3[C@H](N(C)C)C(=O)C(C(N)=O)=C(O)[C@@]3(O)C(=O)C1=C2O. The molecule has 2 saturated carbocycles. The van der Waals surface area contributed by atoms with E-state index in [9.17, 15) is 40.0 Å². The predicted molar refractivity (Wildman–Crippen MR) is 156 cm³/mol. The standard InChI is InChI=1S/C29H38N6O8/c1-34(2)17-10-16(32-18(33-43)11-31-13-6-5-7-13)23(36)20-14(17)8-12-9-15-22(35(3)4)25(38)21(28(30)41)27(40)29(15,42)26(39)19(12)24(20)37/h10,12-13,15,22,31,36-37,40,42-43H,5-9,11H2,1-4H3,(H2,30,41)(H,32,33)/t12?,15?,22-,29-/m0/s1. The number of anilines is 1. The average molecular weight is 599 g/mol. The number of phenols is 1. The van der Waals surface area contributed by atoms with Gasteiger partial charge in [0.05, 0.1) is 18.2 Å². The molecule has 1 aromatic carbocycles. The number of aliphatic imine (C=N–C) groups is 1. The van der Waals surface area contributed by atoms with Crippen LogP contribution in [0.4, 0.5) is 11.4 Å². The van der Waals surface area contributed by atoms with Crippen molar-refractivity contribution in [3.8, 4) is 5.75 Å². The smallest absolute Gasteiger partial charge is 0.255 e. The van der Waals surface area contributed by atoms with Gasteiger partial charge in [0.15, 0.2) is 17.1 Å². The van der Waals surface area contributed by atoms with Crippen molar-refractivity contribution in [3.05, 3.63) is 34.1 Å². The third-order valence-electron chi connectivity index (χ3n) is 9.21. The molecule has 4 aliphatic rings. The van der Waals surface area contributed by atoms with Gasteiger partial charge in [0.2, 0.25) is 5.78 Å². The van der Waals surface area contributed by atoms with E-state index >= 15 is 0 Å². The van der Waals surface area contributed by atoms with Crippen molar-refractivity contribution in [2.75, 3.05) is 39.6 Å². The summed E-state index contributed by atoms with van der Waals surface area (Å²) in [5.41, 5.74) is 4.61. The van der Waals surface area contributed by atoms with Gasteiger partial charge in [-0.05, 0) is 57.3 Å². The molecule has 232 valence electrons. The molecule has 1 amide bonds. The lowest BCUT2D eigenvalue weighted by molar-refractivity contribution is -0.153. The van der Waals surface area contributed by atoms with Crippen molar-refractivity contribution < 1.29 is 40.0 Å². The third-order valence-corrected chi connectivity index (χ3v) is 9.21. The van der Waals surface area contributed by atoms with E-state index in [0.717, 1.165) is 19.3 Å². The number of benzene rings is 1. The molecule has 14 nitrogen and oxygen atoms in total. The first-order valence-corrected chi connectivity index (χ1v) is 14.2. The first-order chi connectivity index (χ1) is 20.2. The Labute approximate surface area is 248 Å². The van der Waals surface area contributed by atoms with Crippen molar-refractivity contribution in [1.82, 2.24) is 15.7 Å². The number of ketones is 2. The van der Waals surface area contributed by atoms with E-state index in [1.165, 1.54) is 4.90 Å². The van der Waals surface area contributed by atoms with E-state index in [-0.39, 0.29) is 42.0 Å². The number of carbonyl (C=O) groups is 3. The molecule has 14 heteroatoms. The normalized spacial score (nSPS) is 27.5. The summed E-state index contributed by atoms with van der Waals surface area (Å²) in [4.78, 5) is 47.1. The number of nitrogens with two attached hydrogens (primary N) is 1. The van der Waals surface area contributed by atoms with E-state index in [2.05, 4.69) is 10.3 Å². The number of amides is 1. The van der Waals surface area contributed by atoms with Gasteiger partial charge in [0.1, 0.15) is 28.6 Å². The summed E-state index contributed by atoms with van der Waals surface area (Å²) >= 11 is 0. The Morgan fingerprint density at radius 3 is 2.37 bits per heavy atom. The van der Waals surface area contributed by atoms with Crippen LogP contribution in [0, 0.1) is 11.8 Å². The van der Waals surface area contributed by atoms with Gasteiger partial charge in [-0.25, -0.2) is 4.99 Å². The molecule has 9 N–H and O–H groups in total. The summed E-state index contributed by atoms with van der Waals surface area (Å²) in [7, 11) is 6.63. The zero-order chi connectivity index (χ0) is 31.5. The topological polar surface area (TPSA) is 221 Å². The minimum Gasteiger partial charge on any atom is -0.508 e. The Bertz CT molecular complexity index is 1490. The van der Waals surface area contributed by atoms with Crippen LogP contribution in [0.5, 0.6) is 5.75 Å². The van der Waals surface area contributed by atoms with Gasteiger partial charge < -0.3 is 36.4 Å². The number of rotatable bonds is 7. The minimum absolute atomic E-state index is 0.00884. The van der Waals surface area contributed by atoms with E-state index in [1.807, 2.05) is 5.48 Å². The highest BCUT2D eigenvalue weighted by Gasteiger charge is 2.64. The van der Waals surface area contributed by atoms with Gasteiger partial charge in [-0.3, -0.25) is 30.0 Å². The van der Waals surface area contributed by atoms with Crippen molar-refractivity contribution in [3.63, 3.8) is 0 Å². The van der Waals surface area contributed by atoms with Gasteiger partial charge in [-0.1, -0.05) is 6.42 Å². The Morgan fingerprint density at radius 1 is 1.16 bits per heavy atom. The number of likely N-dealkylation sites (N-methyl/N-ethyl adjacent to an activating group) is 1. The van der Waals surface area contributed by atoms with Crippen LogP contribution in [0.2, 0.25) is 0 Å². The zero-order valence-corrected chi connectivity index (χ0v) is 24.5. The number of hydrogen-bond donors (Lipinski definition) is 8. The van der Waals surface area contributed by atoms with Crippen LogP contribution in [-0.2, 0) is 20.8 Å². The first-order valence-electron chi connectivity index (χ1n) is 14.2. The third kappa shape index (κ3) is 4.65. The maximum Gasteiger partial charge on any atom is 0.255 e. The van der Waals surface area contributed by atoms with Gasteiger partial charge in [-0.15, -0.1) is 0 Å². The van der Waals surface area contributed by atoms with Crippen molar-refractivity contribution in [2.45, 2.75) is 49.8 Å². The van der Waals surface area contributed by atoms with Crippen LogP contribution >= 0.6 is 0 Å². The maximum absolute atomic E-state index is 14.1. The Morgan fingerprint density at radius 2 is 1.84 bits per heavy atom. The Balaban J connectivity index is 1.67. The van der Waals surface area contributed by atoms with Crippen molar-refractivity contribution >= 4 is 40.4 Å². The lowest BCUT2D eigenvalue weighted by Gasteiger charge is -2.50. The second kappa shape index (κ2) is 10.9. The molecule has 5 rings (SSSR count). The largest absolute Gasteiger partial charge is 0.508 e. The zero-order valence-electron chi connectivity index (χ0n) is 24.5. The number of nitrogens with one attached hydrogen (secondary N) is 2. The van der Waals surface area contributed by atoms with Crippen molar-refractivity contribution in [2.24, 2.45) is 22.6 Å². The summed E-state index contributed by atoms with van der Waals surface area (Å²) in [6.07, 6.45) is 3.26. The number of carbonyl (C=O) groups excluding carboxylic acids is 3. The molecule has 0 aliphatic heterocycles. The Kier molecular flexibility index (Phi) is 7.75. The van der Waals surface area contributed by atoms with Crippen LogP contribution < -0.4 is 21.4 Å². The fraction of sp³-hybridized carbons (Fsp3) is 0.517. The number of hydrogen-bond acceptors (Lipinski definition) is 12. The lowest BCUT2D eigenvalue weighted by atomic mass is 9.57. The molecule has 0 heterocycles. The van der Waals surface area contributed by atoms with E-state index < -0.39 is 63.8 Å². The number of nitrogens with zero attached hydrogens (tertiary/aromatic N) is 3. The number of aliphatic hydroxyl groups is 3. The molecule has 4 atom stereocenters. The molecular formula is C29H38N6O8. The number of phenolic OH excluding ortho intramolecular Hbond substituents is 1. The molecule has 4 aliphatic carbocycles. The highest BCUT2D eigenvalue weighted by atomic mass is 16.5. The van der Waals surface area contributed by atoms with E-state index in [0.29, 0.717) is 17.3 Å². The summed E-state index contributed by atoms with van der Waals surface area (Å²) in [5.74, 6) is -7.13. The van der Waals surface area contributed by atoms with Crippen LogP contribution in [-0.4, -0.2) is 106 Å². The fourth-order valence-electron chi connectivity index (χ4n) is 6.87. The number of hydroxylamine groups is 1. The molecule has 0 bridgehead atoms. The average Bonchev–Trinajstić information content (AvgIpc) is 2.89. The van der Waals surface area contributed by atoms with Crippen LogP contribution in [0.3, 0.4) is 0 Å². The molecule has 0 aromatic heterocycles. The number of aromatic hydroxyl groups is 1. The predicted octanol–water partition coefficient (Wildman–Crippen LogP) is 0.181. The molecule has 0 saturated heterocycles. The molecule has 0 spiro atoms. The molecule has 43 heavy (non-hydrogen) atoms. The number of Topliss-reactive ketones (excluding diaryl/α,β-unsaturated/α-hetero) is 2. The minimum atomic E-state index is -2.72. The monoisotopic (exact) mass is 598 g/mol. The summed E-state index contributed by atoms with van der Waals surface area (Å²) in [5, 5.41) is 58.8. The number of aliphatic hydroxyl groups excluding tert-OH is 2. The second-order valence-corrected chi connectivity index (χ2v) is 12.2. The molecular weight excluding hydrogens is 560 g/mol. The van der Waals surface area contributed by atoms with Gasteiger partial charge in [-0.2, -0.15) is 0 Å². The lowest BCUT2D eigenvalue weighted by Crippen LogP contribution is -2.65. The van der Waals surface area contributed by atoms with Gasteiger partial charge >= 0.3 is 0 Å². The highest BCUT2D eigenvalue weighted by Crippen LogP contribution is 2.54. The molecule has 2 fully saturated rings. The highest BCUT2D eigenvalue weighted by molar-refractivity contribution is 6.24. The van der Waals surface area contributed by atoms with E-state index in [4.69, 9.17) is 5.73 Å². The second-order valence-electron chi connectivity index (χ2n) is 12.2. The van der Waals surface area contributed by atoms with Crippen LogP contribution in [0.25, 0.3) is 5.76 Å². The number of primary amides is 1. The molecule has 2 unspecified atom stereocenters. The van der Waals surface area contributed by atoms with Gasteiger partial charge in [0, 0.05) is 37.3 Å². The number of amidine groups is 1. The molecule has 0 radical (unpaired) electrons. The van der Waals surface area contributed by atoms with E-state index in [1.54, 1.807) is 39.2 Å². The van der Waals surface area contributed by atoms with Crippen molar-refractivity contribution in [1.29, 1.82) is 0 Å². The molecule has 1 aromatic rings. The van der Waals surface area contributed by atoms with Gasteiger partial charge in [0.25, 0.3) is 5.91 Å². The maximum atomic E-state index is 14.1. The fourth-order valence-corrected chi connectivity index (χ4v) is 6.87. The summed E-state index contributed by atoms with van der Waals surface area (Å²) in [6.45, 7) is 0.191. The Hall–Kier alpha value is -3.98. The first kappa shape index (κ1) is 30.5. The summed E-state index contributed by atoms with van der Waals surface area (Å²) < 4.78 is 0.